The second kappa shape index (κ2) is 6.62. The lowest BCUT2D eigenvalue weighted by molar-refractivity contribution is -0.126. The van der Waals surface area contributed by atoms with Crippen molar-refractivity contribution in [3.8, 4) is 0 Å². The summed E-state index contributed by atoms with van der Waals surface area (Å²) in [5.74, 6) is -2.84. The van der Waals surface area contributed by atoms with Crippen LogP contribution >= 0.6 is 0 Å². The van der Waals surface area contributed by atoms with Gasteiger partial charge in [0.2, 0.25) is 11.8 Å². The first-order valence-electron chi connectivity index (χ1n) is 6.75. The fraction of sp³-hybridized carbons (Fsp3) is 0.429. The molecule has 1 heterocycles. The Morgan fingerprint density at radius 3 is 2.71 bits per heavy atom. The average Bonchev–Trinajstić information content (AvgIpc) is 2.43. The van der Waals surface area contributed by atoms with Crippen molar-refractivity contribution >= 4 is 17.5 Å². The zero-order valence-corrected chi connectivity index (χ0v) is 11.4. The monoisotopic (exact) mass is 297 g/mol. The molecule has 1 aliphatic rings. The minimum Gasteiger partial charge on any atom is -0.368 e. The molecule has 1 aromatic carbocycles. The van der Waals surface area contributed by atoms with E-state index in [1.165, 1.54) is 6.07 Å². The van der Waals surface area contributed by atoms with Crippen LogP contribution in [0, 0.1) is 11.6 Å². The quantitative estimate of drug-likeness (QED) is 0.878. The van der Waals surface area contributed by atoms with Crippen molar-refractivity contribution in [3.05, 3.63) is 29.8 Å². The molecule has 0 saturated carbocycles. The first kappa shape index (κ1) is 15.4. The number of nitrogens with two attached hydrogens (primary N) is 1. The van der Waals surface area contributed by atoms with E-state index < -0.39 is 29.5 Å². The molecule has 21 heavy (non-hydrogen) atoms. The number of carbonyl (C=O) groups excluding carboxylic acids is 2. The summed E-state index contributed by atoms with van der Waals surface area (Å²) in [6.45, 7) is 0.603. The van der Waals surface area contributed by atoms with Gasteiger partial charge >= 0.3 is 0 Å². The molecule has 0 spiro atoms. The van der Waals surface area contributed by atoms with Crippen LogP contribution in [0.25, 0.3) is 0 Å². The lowest BCUT2D eigenvalue weighted by Gasteiger charge is -2.32. The lowest BCUT2D eigenvalue weighted by Crippen LogP contribution is -2.50. The average molecular weight is 297 g/mol. The zero-order chi connectivity index (χ0) is 15.4. The van der Waals surface area contributed by atoms with Crippen LogP contribution in [0.4, 0.5) is 14.5 Å². The van der Waals surface area contributed by atoms with Gasteiger partial charge in [-0.1, -0.05) is 6.42 Å². The molecule has 1 aliphatic heterocycles. The summed E-state index contributed by atoms with van der Waals surface area (Å²) in [4.78, 5) is 25.0. The molecule has 0 aromatic heterocycles. The topological polar surface area (TPSA) is 75.4 Å². The third kappa shape index (κ3) is 3.98. The van der Waals surface area contributed by atoms with Gasteiger partial charge < -0.3 is 11.1 Å². The third-order valence-electron chi connectivity index (χ3n) is 3.49. The van der Waals surface area contributed by atoms with Gasteiger partial charge in [-0.2, -0.15) is 0 Å². The van der Waals surface area contributed by atoms with E-state index in [0.29, 0.717) is 13.0 Å². The number of primary amides is 1. The molecular formula is C14H17F2N3O2. The molecule has 2 rings (SSSR count). The number of likely N-dealkylation sites (tertiary alicyclic amines) is 1. The maximum Gasteiger partial charge on any atom is 0.238 e. The first-order chi connectivity index (χ1) is 9.97. The van der Waals surface area contributed by atoms with Crippen LogP contribution < -0.4 is 11.1 Å². The molecule has 1 saturated heterocycles. The Balaban J connectivity index is 1.97. The van der Waals surface area contributed by atoms with Crippen molar-refractivity contribution in [1.82, 2.24) is 4.90 Å². The SMILES string of the molecule is NC(=O)[C@H]1CCCCN1CC(=O)Nc1ccc(F)c(F)c1. The molecule has 0 aliphatic carbocycles. The van der Waals surface area contributed by atoms with E-state index in [1.54, 1.807) is 4.90 Å². The van der Waals surface area contributed by atoms with Crippen LogP contribution in [-0.4, -0.2) is 35.8 Å². The predicted octanol–water partition coefficient (Wildman–Crippen LogP) is 1.24. The van der Waals surface area contributed by atoms with Gasteiger partial charge in [-0.25, -0.2) is 8.78 Å². The Hall–Kier alpha value is -2.02. The first-order valence-corrected chi connectivity index (χ1v) is 6.75. The Morgan fingerprint density at radius 1 is 1.29 bits per heavy atom. The number of piperidine rings is 1. The molecule has 1 aromatic rings. The van der Waals surface area contributed by atoms with E-state index in [9.17, 15) is 18.4 Å². The van der Waals surface area contributed by atoms with Crippen LogP contribution in [0.5, 0.6) is 0 Å². The maximum atomic E-state index is 13.1. The summed E-state index contributed by atoms with van der Waals surface area (Å²) in [7, 11) is 0. The van der Waals surface area contributed by atoms with Crippen molar-refractivity contribution in [2.45, 2.75) is 25.3 Å². The Kier molecular flexibility index (Phi) is 4.85. The van der Waals surface area contributed by atoms with E-state index in [1.807, 2.05) is 0 Å². The molecule has 0 radical (unpaired) electrons. The summed E-state index contributed by atoms with van der Waals surface area (Å²) >= 11 is 0. The number of nitrogens with zero attached hydrogens (tertiary/aromatic N) is 1. The highest BCUT2D eigenvalue weighted by Gasteiger charge is 2.28. The maximum absolute atomic E-state index is 13.1. The predicted molar refractivity (Wildman–Crippen MR) is 73.4 cm³/mol. The Labute approximate surface area is 121 Å². The van der Waals surface area contributed by atoms with Gasteiger partial charge in [0.25, 0.3) is 0 Å². The zero-order valence-electron chi connectivity index (χ0n) is 11.4. The lowest BCUT2D eigenvalue weighted by atomic mass is 10.0. The van der Waals surface area contributed by atoms with Crippen molar-refractivity contribution in [2.24, 2.45) is 5.73 Å². The number of nitrogens with one attached hydrogen (secondary N) is 1. The molecule has 114 valence electrons. The highest BCUT2D eigenvalue weighted by Crippen LogP contribution is 2.17. The number of rotatable bonds is 4. The Bertz CT molecular complexity index is 551. The van der Waals surface area contributed by atoms with E-state index >= 15 is 0 Å². The molecule has 1 fully saturated rings. The summed E-state index contributed by atoms with van der Waals surface area (Å²) in [6.07, 6.45) is 2.42. The number of hydrogen-bond acceptors (Lipinski definition) is 3. The minimum absolute atomic E-state index is 0.00734. The normalized spacial score (nSPS) is 19.2. The second-order valence-electron chi connectivity index (χ2n) is 5.06. The summed E-state index contributed by atoms with van der Waals surface area (Å²) in [5, 5.41) is 2.48. The summed E-state index contributed by atoms with van der Waals surface area (Å²) in [6, 6.07) is 2.68. The molecule has 5 nitrogen and oxygen atoms in total. The molecule has 2 amide bonds. The number of anilines is 1. The van der Waals surface area contributed by atoms with Gasteiger partial charge in [0, 0.05) is 11.8 Å². The Morgan fingerprint density at radius 2 is 2.05 bits per heavy atom. The largest absolute Gasteiger partial charge is 0.368 e. The molecule has 1 atom stereocenters. The van der Waals surface area contributed by atoms with E-state index in [2.05, 4.69) is 5.32 Å². The van der Waals surface area contributed by atoms with Crippen LogP contribution in [-0.2, 0) is 9.59 Å². The van der Waals surface area contributed by atoms with Crippen LogP contribution in [0.3, 0.4) is 0 Å². The molecule has 7 heteroatoms. The third-order valence-corrected chi connectivity index (χ3v) is 3.49. The van der Waals surface area contributed by atoms with Gasteiger partial charge in [0.05, 0.1) is 12.6 Å². The number of carbonyl (C=O) groups is 2. The van der Waals surface area contributed by atoms with Gasteiger partial charge in [0.15, 0.2) is 11.6 Å². The minimum atomic E-state index is -1.03. The van der Waals surface area contributed by atoms with Crippen molar-refractivity contribution in [3.63, 3.8) is 0 Å². The van der Waals surface area contributed by atoms with Crippen molar-refractivity contribution < 1.29 is 18.4 Å². The van der Waals surface area contributed by atoms with Gasteiger partial charge in [-0.05, 0) is 31.5 Å². The van der Waals surface area contributed by atoms with E-state index in [4.69, 9.17) is 5.73 Å². The molecule has 0 bridgehead atoms. The van der Waals surface area contributed by atoms with Crippen LogP contribution in [0.1, 0.15) is 19.3 Å². The fourth-order valence-electron chi connectivity index (χ4n) is 2.46. The van der Waals surface area contributed by atoms with Crippen molar-refractivity contribution in [2.75, 3.05) is 18.4 Å². The van der Waals surface area contributed by atoms with Gasteiger partial charge in [-0.15, -0.1) is 0 Å². The highest BCUT2D eigenvalue weighted by molar-refractivity contribution is 5.92. The van der Waals surface area contributed by atoms with E-state index in [-0.39, 0.29) is 12.2 Å². The smallest absolute Gasteiger partial charge is 0.238 e. The van der Waals surface area contributed by atoms with Gasteiger partial charge in [0.1, 0.15) is 0 Å². The molecular weight excluding hydrogens is 280 g/mol. The highest BCUT2D eigenvalue weighted by atomic mass is 19.2. The van der Waals surface area contributed by atoms with Crippen molar-refractivity contribution in [1.29, 1.82) is 0 Å². The van der Waals surface area contributed by atoms with Crippen LogP contribution in [0.2, 0.25) is 0 Å². The van der Waals surface area contributed by atoms with Gasteiger partial charge in [-0.3, -0.25) is 14.5 Å². The summed E-state index contributed by atoms with van der Waals surface area (Å²) < 4.78 is 25.9. The number of amides is 2. The number of halogens is 2. The number of benzene rings is 1. The van der Waals surface area contributed by atoms with Crippen LogP contribution in [0.15, 0.2) is 18.2 Å². The molecule has 3 N–H and O–H groups in total. The second-order valence-corrected chi connectivity index (χ2v) is 5.06. The standard InChI is InChI=1S/C14H17F2N3O2/c15-10-5-4-9(7-11(10)16)18-13(20)8-19-6-2-1-3-12(19)14(17)21/h4-5,7,12H,1-3,6,8H2,(H2,17,21)(H,18,20)/t12-/m1/s1. The summed E-state index contributed by atoms with van der Waals surface area (Å²) in [5.41, 5.74) is 5.49. The number of hydrogen-bond donors (Lipinski definition) is 2. The molecule has 0 unspecified atom stereocenters. The fourth-order valence-corrected chi connectivity index (χ4v) is 2.46. The van der Waals surface area contributed by atoms with E-state index in [0.717, 1.165) is 25.0 Å².